The van der Waals surface area contributed by atoms with Crippen molar-refractivity contribution < 1.29 is 28.7 Å². The first kappa shape index (κ1) is 20.6. The van der Waals surface area contributed by atoms with Gasteiger partial charge >= 0.3 is 5.97 Å². The summed E-state index contributed by atoms with van der Waals surface area (Å²) >= 11 is 0. The van der Waals surface area contributed by atoms with Gasteiger partial charge in [0.15, 0.2) is 5.78 Å². The molecular weight excluding hydrogens is 402 g/mol. The highest BCUT2D eigenvalue weighted by Gasteiger charge is 2.42. The number of methoxy groups -OCH3 is 1. The molecule has 8 heteroatoms. The number of ketones is 1. The molecule has 2 aliphatic rings. The van der Waals surface area contributed by atoms with Crippen molar-refractivity contribution in [1.29, 1.82) is 0 Å². The van der Waals surface area contributed by atoms with Crippen LogP contribution in [-0.4, -0.2) is 36.0 Å². The van der Waals surface area contributed by atoms with Crippen LogP contribution in [0.4, 0.5) is 5.69 Å². The van der Waals surface area contributed by atoms with Crippen molar-refractivity contribution in [2.45, 2.75) is 31.5 Å². The molecule has 0 radical (unpaired) electrons. The lowest BCUT2D eigenvalue weighted by atomic mass is 9.77. The van der Waals surface area contributed by atoms with E-state index in [1.165, 1.54) is 30.5 Å². The van der Waals surface area contributed by atoms with E-state index in [0.717, 1.165) is 0 Å². The van der Waals surface area contributed by atoms with E-state index >= 15 is 0 Å². The zero-order valence-electron chi connectivity index (χ0n) is 16.9. The molecule has 0 amide bonds. The van der Waals surface area contributed by atoms with Crippen molar-refractivity contribution in [3.8, 4) is 5.75 Å². The number of nitro groups is 1. The summed E-state index contributed by atoms with van der Waals surface area (Å²) in [4.78, 5) is 35.7. The number of hydrogen-bond donors (Lipinski definition) is 0. The molecule has 2 aromatic rings. The zero-order chi connectivity index (χ0) is 22.0. The van der Waals surface area contributed by atoms with Gasteiger partial charge in [0.2, 0.25) is 0 Å². The van der Waals surface area contributed by atoms with Crippen LogP contribution in [0.5, 0.6) is 5.75 Å². The molecular formula is C23H21NO7. The molecule has 31 heavy (non-hydrogen) atoms. The number of allylic oxidation sites excluding steroid dienone is 1. The molecule has 1 heterocycles. The third-order valence-corrected chi connectivity index (χ3v) is 5.69. The molecule has 8 nitrogen and oxygen atoms in total. The van der Waals surface area contributed by atoms with Crippen LogP contribution in [0.25, 0.3) is 5.57 Å². The number of Topliss-reactive ketones (excluding diaryl/α,β-unsaturated/α-hetero) is 1. The Labute approximate surface area is 178 Å². The molecule has 160 valence electrons. The predicted octanol–water partition coefficient (Wildman–Crippen LogP) is 3.94. The molecule has 2 aromatic carbocycles. The molecule has 3 atom stereocenters. The fourth-order valence-corrected chi connectivity index (χ4v) is 4.07. The number of nitro benzene ring substituents is 1. The van der Waals surface area contributed by atoms with Crippen molar-refractivity contribution in [1.82, 2.24) is 0 Å². The molecule has 0 saturated heterocycles. The number of carbonyl (C=O) groups is 2. The largest absolute Gasteiger partial charge is 0.496 e. The van der Waals surface area contributed by atoms with E-state index in [0.29, 0.717) is 36.1 Å². The maximum Gasteiger partial charge on any atom is 0.338 e. The lowest BCUT2D eigenvalue weighted by Gasteiger charge is -2.37. The molecule has 0 aromatic heterocycles. The van der Waals surface area contributed by atoms with Gasteiger partial charge in [0.25, 0.3) is 5.69 Å². The number of rotatable bonds is 5. The van der Waals surface area contributed by atoms with Gasteiger partial charge in [0.05, 0.1) is 35.3 Å². The Morgan fingerprint density at radius 3 is 2.58 bits per heavy atom. The van der Waals surface area contributed by atoms with Gasteiger partial charge in [-0.3, -0.25) is 14.9 Å². The van der Waals surface area contributed by atoms with Crippen molar-refractivity contribution in [3.05, 3.63) is 76.0 Å². The molecule has 1 aliphatic heterocycles. The fourth-order valence-electron chi connectivity index (χ4n) is 4.07. The van der Waals surface area contributed by atoms with E-state index in [-0.39, 0.29) is 29.1 Å². The normalized spacial score (nSPS) is 22.5. The number of non-ortho nitro benzene ring substituents is 1. The van der Waals surface area contributed by atoms with E-state index in [1.807, 2.05) is 18.2 Å². The summed E-state index contributed by atoms with van der Waals surface area (Å²) in [5.41, 5.74) is 1.33. The smallest absolute Gasteiger partial charge is 0.338 e. The first-order chi connectivity index (χ1) is 15.0. The molecule has 0 bridgehead atoms. The van der Waals surface area contributed by atoms with Crippen molar-refractivity contribution in [2.75, 3.05) is 7.11 Å². The van der Waals surface area contributed by atoms with Crippen LogP contribution >= 0.6 is 0 Å². The van der Waals surface area contributed by atoms with Crippen molar-refractivity contribution >= 4 is 23.0 Å². The van der Waals surface area contributed by atoms with Crippen LogP contribution in [0.3, 0.4) is 0 Å². The summed E-state index contributed by atoms with van der Waals surface area (Å²) in [6.45, 7) is 0. The van der Waals surface area contributed by atoms with E-state index in [1.54, 1.807) is 13.2 Å². The van der Waals surface area contributed by atoms with Crippen LogP contribution in [0, 0.1) is 16.0 Å². The van der Waals surface area contributed by atoms with Gasteiger partial charge in [-0.1, -0.05) is 18.2 Å². The predicted molar refractivity (Wildman–Crippen MR) is 110 cm³/mol. The zero-order valence-corrected chi connectivity index (χ0v) is 16.9. The minimum atomic E-state index is -0.550. The maximum absolute atomic E-state index is 13.1. The van der Waals surface area contributed by atoms with Gasteiger partial charge in [0.1, 0.15) is 18.0 Å². The van der Waals surface area contributed by atoms with Crippen LogP contribution in [0.2, 0.25) is 0 Å². The van der Waals surface area contributed by atoms with Gasteiger partial charge in [-0.25, -0.2) is 4.79 Å². The standard InChI is InChI=1S/C23H21NO7/c1-29-20-5-3-2-4-17(20)19-13-30-21-12-16(10-11-18(21)22(19)25)31-23(26)14-6-8-15(9-7-14)24(27)28/h2-9,13,16,18,21H,10-12H2,1H3. The Balaban J connectivity index is 1.43. The van der Waals surface area contributed by atoms with E-state index in [4.69, 9.17) is 14.2 Å². The van der Waals surface area contributed by atoms with E-state index in [2.05, 4.69) is 0 Å². The third-order valence-electron chi connectivity index (χ3n) is 5.69. The number of esters is 1. The Hall–Kier alpha value is -3.68. The maximum atomic E-state index is 13.1. The van der Waals surface area contributed by atoms with Gasteiger partial charge < -0.3 is 14.2 Å². The summed E-state index contributed by atoms with van der Waals surface area (Å²) < 4.78 is 16.8. The first-order valence-electron chi connectivity index (χ1n) is 9.96. The van der Waals surface area contributed by atoms with Crippen molar-refractivity contribution in [3.63, 3.8) is 0 Å². The second-order valence-electron chi connectivity index (χ2n) is 7.52. The molecule has 0 N–H and O–H groups in total. The van der Waals surface area contributed by atoms with E-state index in [9.17, 15) is 19.7 Å². The van der Waals surface area contributed by atoms with E-state index < -0.39 is 17.0 Å². The van der Waals surface area contributed by atoms with Crippen LogP contribution in [0.1, 0.15) is 35.2 Å². The van der Waals surface area contributed by atoms with Gasteiger partial charge in [0, 0.05) is 24.1 Å². The Morgan fingerprint density at radius 2 is 1.87 bits per heavy atom. The average Bonchev–Trinajstić information content (AvgIpc) is 2.79. The molecule has 0 spiro atoms. The summed E-state index contributed by atoms with van der Waals surface area (Å²) in [5.74, 6) is -0.249. The SMILES string of the molecule is COc1ccccc1C1=COC2CC(OC(=O)c3ccc([N+](=O)[O-])cc3)CCC2C1=O. The second kappa shape index (κ2) is 8.59. The number of hydrogen-bond acceptors (Lipinski definition) is 7. The molecule has 1 aliphatic carbocycles. The van der Waals surface area contributed by atoms with Gasteiger partial charge in [-0.2, -0.15) is 0 Å². The molecule has 1 fully saturated rings. The quantitative estimate of drug-likeness (QED) is 0.407. The molecule has 3 unspecified atom stereocenters. The molecule has 1 saturated carbocycles. The number of nitrogens with zero attached hydrogens (tertiary/aromatic N) is 1. The second-order valence-corrected chi connectivity index (χ2v) is 7.52. The monoisotopic (exact) mass is 423 g/mol. The first-order valence-corrected chi connectivity index (χ1v) is 9.96. The Bertz CT molecular complexity index is 1040. The number of para-hydroxylation sites is 1. The number of carbonyl (C=O) groups excluding carboxylic acids is 2. The highest BCUT2D eigenvalue weighted by atomic mass is 16.6. The minimum Gasteiger partial charge on any atom is -0.496 e. The van der Waals surface area contributed by atoms with Gasteiger partial charge in [-0.15, -0.1) is 0 Å². The summed E-state index contributed by atoms with van der Waals surface area (Å²) in [5, 5.41) is 10.7. The molecule has 4 rings (SSSR count). The third kappa shape index (κ3) is 4.14. The average molecular weight is 423 g/mol. The summed E-state index contributed by atoms with van der Waals surface area (Å²) in [7, 11) is 1.56. The lowest BCUT2D eigenvalue weighted by molar-refractivity contribution is -0.384. The highest BCUT2D eigenvalue weighted by molar-refractivity contribution is 6.22. The summed E-state index contributed by atoms with van der Waals surface area (Å²) in [6, 6.07) is 12.6. The lowest BCUT2D eigenvalue weighted by Crippen LogP contribution is -2.42. The van der Waals surface area contributed by atoms with Crippen molar-refractivity contribution in [2.24, 2.45) is 5.92 Å². The topological polar surface area (TPSA) is 105 Å². The minimum absolute atomic E-state index is 0.000829. The van der Waals surface area contributed by atoms with Crippen LogP contribution in [0.15, 0.2) is 54.8 Å². The number of fused-ring (bicyclic) bond motifs is 1. The fraction of sp³-hybridized carbons (Fsp3) is 0.304. The number of benzene rings is 2. The number of ether oxygens (including phenoxy) is 3. The van der Waals surface area contributed by atoms with Crippen LogP contribution < -0.4 is 4.74 Å². The highest BCUT2D eigenvalue weighted by Crippen LogP contribution is 2.39. The Morgan fingerprint density at radius 1 is 1.13 bits per heavy atom. The Kier molecular flexibility index (Phi) is 5.70. The summed E-state index contributed by atoms with van der Waals surface area (Å²) in [6.07, 6.45) is 2.20. The van der Waals surface area contributed by atoms with Gasteiger partial charge in [-0.05, 0) is 31.0 Å². The van der Waals surface area contributed by atoms with Crippen LogP contribution in [-0.2, 0) is 14.3 Å².